The minimum atomic E-state index is 1.06. The molecule has 0 unspecified atom stereocenters. The van der Waals surface area contributed by atoms with Gasteiger partial charge < -0.3 is 0 Å². The fourth-order valence-corrected chi connectivity index (χ4v) is 1.09. The van der Waals surface area contributed by atoms with Gasteiger partial charge in [-0.15, -0.1) is 0 Å². The highest BCUT2D eigenvalue weighted by atomic mass is 13.9. The minimum absolute atomic E-state index is 1.06. The topological polar surface area (TPSA) is 0 Å². The molecule has 13 heavy (non-hydrogen) atoms. The fourth-order valence-electron chi connectivity index (χ4n) is 1.09. The molecule has 0 aliphatic heterocycles. The summed E-state index contributed by atoms with van der Waals surface area (Å²) in [6, 6.07) is 0. The first kappa shape index (κ1) is 12.2. The lowest BCUT2D eigenvalue weighted by atomic mass is 10.1. The van der Waals surface area contributed by atoms with Crippen LogP contribution in [0.3, 0.4) is 0 Å². The molecule has 0 nitrogen and oxygen atoms in total. The molecular weight excluding hydrogens is 156 g/mol. The standard InChI is InChI=1S/C13H21/c1-3-5-7-9-11-13-12-10-8-6-4-2/h1,3,6,8,10,12H,4-5,7,9,11,13H2,2H3. The molecule has 0 atom stereocenters. The van der Waals surface area contributed by atoms with E-state index in [9.17, 15) is 0 Å². The van der Waals surface area contributed by atoms with Crippen LogP contribution in [0.1, 0.15) is 45.4 Å². The lowest BCUT2D eigenvalue weighted by molar-refractivity contribution is 0.696. The van der Waals surface area contributed by atoms with Gasteiger partial charge in [0.1, 0.15) is 0 Å². The molecule has 0 aliphatic rings. The van der Waals surface area contributed by atoms with Crippen molar-refractivity contribution in [2.24, 2.45) is 0 Å². The van der Waals surface area contributed by atoms with Gasteiger partial charge in [0.2, 0.25) is 0 Å². The first-order valence-corrected chi connectivity index (χ1v) is 5.27. The Kier molecular flexibility index (Phi) is 10.5. The number of rotatable bonds is 8. The molecule has 0 spiro atoms. The molecule has 0 aromatic heterocycles. The zero-order valence-electron chi connectivity index (χ0n) is 8.71. The summed E-state index contributed by atoms with van der Waals surface area (Å²) in [4.78, 5) is 0. The van der Waals surface area contributed by atoms with Crippen LogP contribution in [0.5, 0.6) is 0 Å². The number of allylic oxidation sites excluding steroid dienone is 5. The Hall–Kier alpha value is -0.780. The lowest BCUT2D eigenvalue weighted by Crippen LogP contribution is -1.73. The van der Waals surface area contributed by atoms with E-state index in [1.54, 1.807) is 6.08 Å². The van der Waals surface area contributed by atoms with E-state index in [1.807, 2.05) is 0 Å². The lowest BCUT2D eigenvalue weighted by Gasteiger charge is -1.93. The maximum atomic E-state index is 5.28. The van der Waals surface area contributed by atoms with Crippen molar-refractivity contribution in [2.75, 3.05) is 0 Å². The quantitative estimate of drug-likeness (QED) is 0.379. The van der Waals surface area contributed by atoms with Crippen LogP contribution in [0.4, 0.5) is 0 Å². The predicted octanol–water partition coefficient (Wildman–Crippen LogP) is 4.45. The molecule has 73 valence electrons. The second-order valence-electron chi connectivity index (χ2n) is 3.14. The molecule has 0 saturated carbocycles. The van der Waals surface area contributed by atoms with Gasteiger partial charge in [0.15, 0.2) is 0 Å². The van der Waals surface area contributed by atoms with Gasteiger partial charge in [0.25, 0.3) is 0 Å². The smallest absolute Gasteiger partial charge is 0.0348 e. The van der Waals surface area contributed by atoms with Crippen LogP contribution in [-0.2, 0) is 0 Å². The molecule has 0 bridgehead atoms. The molecule has 0 rings (SSSR count). The molecular formula is C13H21. The van der Waals surface area contributed by atoms with Crippen LogP contribution in [0.15, 0.2) is 30.4 Å². The Bertz CT molecular complexity index is 151. The van der Waals surface area contributed by atoms with Crippen LogP contribution < -0.4 is 0 Å². The summed E-state index contributed by atoms with van der Waals surface area (Å²) in [7, 11) is 0. The van der Waals surface area contributed by atoms with Crippen molar-refractivity contribution in [1.82, 2.24) is 0 Å². The Balaban J connectivity index is 3.10. The molecule has 0 heteroatoms. The Morgan fingerprint density at radius 1 is 0.923 bits per heavy atom. The largest absolute Gasteiger partial charge is 0.0848 e. The van der Waals surface area contributed by atoms with Crippen LogP contribution in [0.2, 0.25) is 0 Å². The maximum absolute atomic E-state index is 5.28. The zero-order chi connectivity index (χ0) is 9.78. The average molecular weight is 177 g/mol. The third kappa shape index (κ3) is 11.2. The molecule has 0 aromatic rings. The number of hydrogen-bond acceptors (Lipinski definition) is 0. The Morgan fingerprint density at radius 2 is 1.62 bits per heavy atom. The number of hydrogen-bond donors (Lipinski definition) is 0. The van der Waals surface area contributed by atoms with E-state index in [0.29, 0.717) is 0 Å². The van der Waals surface area contributed by atoms with E-state index in [0.717, 1.165) is 12.8 Å². The summed E-state index contributed by atoms with van der Waals surface area (Å²) in [5.41, 5.74) is 0. The predicted molar refractivity (Wildman–Crippen MR) is 60.5 cm³/mol. The van der Waals surface area contributed by atoms with Crippen LogP contribution in [0.25, 0.3) is 0 Å². The zero-order valence-corrected chi connectivity index (χ0v) is 8.71. The van der Waals surface area contributed by atoms with E-state index >= 15 is 0 Å². The van der Waals surface area contributed by atoms with Crippen molar-refractivity contribution in [3.05, 3.63) is 37.0 Å². The van der Waals surface area contributed by atoms with Crippen molar-refractivity contribution in [2.45, 2.75) is 45.4 Å². The van der Waals surface area contributed by atoms with Gasteiger partial charge >= 0.3 is 0 Å². The van der Waals surface area contributed by atoms with Gasteiger partial charge in [-0.2, -0.15) is 0 Å². The normalized spacial score (nSPS) is 11.5. The fraction of sp³-hybridized carbons (Fsp3) is 0.538. The first-order valence-electron chi connectivity index (χ1n) is 5.27. The first-order chi connectivity index (χ1) is 6.41. The van der Waals surface area contributed by atoms with Gasteiger partial charge in [0.05, 0.1) is 0 Å². The molecule has 0 aromatic carbocycles. The van der Waals surface area contributed by atoms with E-state index in [-0.39, 0.29) is 0 Å². The van der Waals surface area contributed by atoms with Gasteiger partial charge in [0, 0.05) is 0 Å². The van der Waals surface area contributed by atoms with Crippen molar-refractivity contribution in [3.63, 3.8) is 0 Å². The molecule has 0 amide bonds. The molecule has 1 radical (unpaired) electrons. The van der Waals surface area contributed by atoms with Crippen molar-refractivity contribution in [3.8, 4) is 0 Å². The molecule has 0 fully saturated rings. The van der Waals surface area contributed by atoms with Gasteiger partial charge in [-0.1, -0.05) is 50.3 Å². The maximum Gasteiger partial charge on any atom is -0.0348 e. The van der Waals surface area contributed by atoms with Crippen molar-refractivity contribution in [1.29, 1.82) is 0 Å². The third-order valence-electron chi connectivity index (χ3n) is 1.86. The summed E-state index contributed by atoms with van der Waals surface area (Å²) in [6.45, 7) is 7.42. The molecule has 0 heterocycles. The van der Waals surface area contributed by atoms with E-state index < -0.39 is 0 Å². The molecule has 0 saturated heterocycles. The van der Waals surface area contributed by atoms with Gasteiger partial charge in [-0.3, -0.25) is 0 Å². The summed E-state index contributed by atoms with van der Waals surface area (Å²) in [5, 5.41) is 0. The molecule has 0 aliphatic carbocycles. The second kappa shape index (κ2) is 11.2. The van der Waals surface area contributed by atoms with Gasteiger partial charge in [-0.05, 0) is 32.1 Å². The Morgan fingerprint density at radius 3 is 2.31 bits per heavy atom. The SMILES string of the molecule is [CH]=CCCCCCC=CC=CCC. The molecule has 0 N–H and O–H groups in total. The van der Waals surface area contributed by atoms with Crippen LogP contribution in [-0.4, -0.2) is 0 Å². The Labute approximate surface area is 83.0 Å². The third-order valence-corrected chi connectivity index (χ3v) is 1.86. The van der Waals surface area contributed by atoms with Gasteiger partial charge in [-0.25, -0.2) is 0 Å². The summed E-state index contributed by atoms with van der Waals surface area (Å²) in [5.74, 6) is 0. The highest BCUT2D eigenvalue weighted by molar-refractivity contribution is 5.01. The van der Waals surface area contributed by atoms with E-state index in [4.69, 9.17) is 6.58 Å². The van der Waals surface area contributed by atoms with Crippen LogP contribution >= 0.6 is 0 Å². The van der Waals surface area contributed by atoms with Crippen molar-refractivity contribution < 1.29 is 0 Å². The number of unbranched alkanes of at least 4 members (excludes halogenated alkanes) is 4. The highest BCUT2D eigenvalue weighted by Crippen LogP contribution is 2.03. The summed E-state index contributed by atoms with van der Waals surface area (Å²) < 4.78 is 0. The van der Waals surface area contributed by atoms with Crippen molar-refractivity contribution >= 4 is 0 Å². The van der Waals surface area contributed by atoms with E-state index in [2.05, 4.69) is 31.2 Å². The summed E-state index contributed by atoms with van der Waals surface area (Å²) in [6.07, 6.45) is 17.6. The summed E-state index contributed by atoms with van der Waals surface area (Å²) >= 11 is 0. The monoisotopic (exact) mass is 177 g/mol. The second-order valence-corrected chi connectivity index (χ2v) is 3.14. The van der Waals surface area contributed by atoms with E-state index in [1.165, 1.54) is 25.7 Å². The minimum Gasteiger partial charge on any atom is -0.0848 e. The highest BCUT2D eigenvalue weighted by Gasteiger charge is 1.83. The van der Waals surface area contributed by atoms with Crippen LogP contribution in [0, 0.1) is 6.58 Å². The average Bonchev–Trinajstić information content (AvgIpc) is 2.16.